The number of hydrogen-bond donors (Lipinski definition) is 3. The number of carbonyl (C=O) groups is 2. The lowest BCUT2D eigenvalue weighted by Crippen LogP contribution is -2.37. The summed E-state index contributed by atoms with van der Waals surface area (Å²) >= 11 is 5.72. The maximum absolute atomic E-state index is 12.0. The quantitative estimate of drug-likeness (QED) is 0.615. The van der Waals surface area contributed by atoms with Gasteiger partial charge < -0.3 is 14.9 Å². The van der Waals surface area contributed by atoms with E-state index in [-0.39, 0.29) is 10.6 Å². The molecule has 0 aliphatic rings. The van der Waals surface area contributed by atoms with Gasteiger partial charge in [-0.05, 0) is 18.2 Å². The first-order valence-corrected chi connectivity index (χ1v) is 7.33. The molecule has 21 heavy (non-hydrogen) atoms. The second-order valence-corrected chi connectivity index (χ2v) is 5.98. The van der Waals surface area contributed by atoms with Crippen LogP contribution in [0.4, 0.5) is 0 Å². The Labute approximate surface area is 125 Å². The van der Waals surface area contributed by atoms with Gasteiger partial charge in [0.05, 0.1) is 17.7 Å². The maximum Gasteiger partial charge on any atom is 0.336 e. The Morgan fingerprint density at radius 2 is 2.05 bits per heavy atom. The van der Waals surface area contributed by atoms with E-state index >= 15 is 0 Å². The Balaban J connectivity index is 3.00. The predicted octanol–water partition coefficient (Wildman–Crippen LogP) is -0.150. The number of sulfonamides is 1. The largest absolute Gasteiger partial charge is 0.478 e. The third-order valence-corrected chi connectivity index (χ3v) is 4.31. The lowest BCUT2D eigenvalue weighted by Gasteiger charge is -2.11. The fourth-order valence-electron chi connectivity index (χ4n) is 1.33. The number of nitrogens with one attached hydrogen (secondary N) is 1. The first-order valence-electron chi connectivity index (χ1n) is 5.47. The van der Waals surface area contributed by atoms with E-state index < -0.39 is 39.5 Å². The van der Waals surface area contributed by atoms with Crippen molar-refractivity contribution in [3.05, 3.63) is 28.8 Å². The minimum Gasteiger partial charge on any atom is -0.478 e. The number of aromatic carboxylic acids is 1. The van der Waals surface area contributed by atoms with Gasteiger partial charge in [0.25, 0.3) is 0 Å². The summed E-state index contributed by atoms with van der Waals surface area (Å²) in [6.45, 7) is -0.636. The van der Waals surface area contributed by atoms with Gasteiger partial charge in [-0.2, -0.15) is 0 Å². The molecule has 1 aromatic carbocycles. The standard InChI is InChI=1S/C11H12ClNO7S/c1-20-11(17)8(14)5-13-21(18,19)9-4-6(10(15)16)2-3-7(9)12/h2-4,8,13-14H,5H2,1H3,(H,15,16). The van der Waals surface area contributed by atoms with Gasteiger partial charge in [-0.3, -0.25) is 0 Å². The van der Waals surface area contributed by atoms with Crippen molar-refractivity contribution in [3.8, 4) is 0 Å². The van der Waals surface area contributed by atoms with E-state index in [2.05, 4.69) is 4.74 Å². The molecule has 1 atom stereocenters. The van der Waals surface area contributed by atoms with Crippen molar-refractivity contribution < 1.29 is 33.0 Å². The van der Waals surface area contributed by atoms with Crippen molar-refractivity contribution in [1.82, 2.24) is 4.72 Å². The third-order valence-electron chi connectivity index (χ3n) is 2.41. The number of hydrogen-bond acceptors (Lipinski definition) is 6. The van der Waals surface area contributed by atoms with Crippen molar-refractivity contribution in [2.45, 2.75) is 11.0 Å². The number of rotatable bonds is 6. The van der Waals surface area contributed by atoms with E-state index in [1.165, 1.54) is 0 Å². The highest BCUT2D eigenvalue weighted by molar-refractivity contribution is 7.89. The molecular weight excluding hydrogens is 326 g/mol. The van der Waals surface area contributed by atoms with Gasteiger partial charge in [0, 0.05) is 6.54 Å². The molecule has 0 saturated heterocycles. The molecular formula is C11H12ClNO7S. The molecule has 0 bridgehead atoms. The third kappa shape index (κ3) is 4.39. The molecule has 1 rings (SSSR count). The molecule has 0 amide bonds. The number of halogens is 1. The second-order valence-electron chi connectivity index (χ2n) is 3.84. The predicted molar refractivity (Wildman–Crippen MR) is 71.6 cm³/mol. The summed E-state index contributed by atoms with van der Waals surface area (Å²) in [5, 5.41) is 17.9. The van der Waals surface area contributed by atoms with Crippen LogP contribution in [-0.4, -0.2) is 50.3 Å². The van der Waals surface area contributed by atoms with Crippen LogP contribution in [0.2, 0.25) is 5.02 Å². The first-order chi connectivity index (χ1) is 9.69. The van der Waals surface area contributed by atoms with Crippen LogP contribution in [0.25, 0.3) is 0 Å². The number of aliphatic hydroxyl groups is 1. The number of carbonyl (C=O) groups excluding carboxylic acids is 1. The van der Waals surface area contributed by atoms with E-state index in [0.717, 1.165) is 25.3 Å². The molecule has 0 heterocycles. The van der Waals surface area contributed by atoms with Crippen LogP contribution in [0, 0.1) is 0 Å². The highest BCUT2D eigenvalue weighted by Gasteiger charge is 2.23. The van der Waals surface area contributed by atoms with Gasteiger partial charge in [0.2, 0.25) is 10.0 Å². The van der Waals surface area contributed by atoms with Gasteiger partial charge in [0.1, 0.15) is 4.90 Å². The normalized spacial score (nSPS) is 12.7. The summed E-state index contributed by atoms with van der Waals surface area (Å²) in [6.07, 6.45) is -1.69. The molecule has 0 aromatic heterocycles. The molecule has 0 spiro atoms. The van der Waals surface area contributed by atoms with Gasteiger partial charge in [0.15, 0.2) is 6.10 Å². The number of ether oxygens (including phenoxy) is 1. The molecule has 10 heteroatoms. The van der Waals surface area contributed by atoms with Crippen LogP contribution in [0.15, 0.2) is 23.1 Å². The fraction of sp³-hybridized carbons (Fsp3) is 0.273. The van der Waals surface area contributed by atoms with Crippen LogP contribution in [0.5, 0.6) is 0 Å². The van der Waals surface area contributed by atoms with Crippen molar-refractivity contribution in [3.63, 3.8) is 0 Å². The van der Waals surface area contributed by atoms with Gasteiger partial charge in [-0.1, -0.05) is 11.6 Å². The Morgan fingerprint density at radius 1 is 1.43 bits per heavy atom. The van der Waals surface area contributed by atoms with Crippen LogP contribution >= 0.6 is 11.6 Å². The molecule has 0 aliphatic carbocycles. The molecule has 8 nitrogen and oxygen atoms in total. The van der Waals surface area contributed by atoms with Crippen LogP contribution in [0.1, 0.15) is 10.4 Å². The zero-order chi connectivity index (χ0) is 16.2. The Bertz CT molecular complexity index is 659. The van der Waals surface area contributed by atoms with E-state index in [1.807, 2.05) is 4.72 Å². The lowest BCUT2D eigenvalue weighted by atomic mass is 10.2. The van der Waals surface area contributed by atoms with Crippen molar-refractivity contribution in [1.29, 1.82) is 0 Å². The van der Waals surface area contributed by atoms with E-state index in [4.69, 9.17) is 16.7 Å². The fourth-order valence-corrected chi connectivity index (χ4v) is 2.89. The molecule has 116 valence electrons. The minimum atomic E-state index is -4.20. The average molecular weight is 338 g/mol. The van der Waals surface area contributed by atoms with Gasteiger partial charge in [-0.15, -0.1) is 0 Å². The van der Waals surface area contributed by atoms with Crippen molar-refractivity contribution in [2.75, 3.05) is 13.7 Å². The first kappa shape index (κ1) is 17.4. The van der Waals surface area contributed by atoms with Gasteiger partial charge >= 0.3 is 11.9 Å². The summed E-state index contributed by atoms with van der Waals surface area (Å²) in [6, 6.07) is 3.14. The monoisotopic (exact) mass is 337 g/mol. The number of methoxy groups -OCH3 is 1. The smallest absolute Gasteiger partial charge is 0.336 e. The van der Waals surface area contributed by atoms with E-state index in [9.17, 15) is 23.1 Å². The summed E-state index contributed by atoms with van der Waals surface area (Å²) < 4.78 is 30.2. The second kappa shape index (κ2) is 6.85. The Kier molecular flexibility index (Phi) is 5.67. The summed E-state index contributed by atoms with van der Waals surface area (Å²) in [4.78, 5) is 21.3. The van der Waals surface area contributed by atoms with E-state index in [0.29, 0.717) is 0 Å². The van der Waals surface area contributed by atoms with Crippen molar-refractivity contribution >= 4 is 33.6 Å². The zero-order valence-electron chi connectivity index (χ0n) is 10.7. The molecule has 0 saturated carbocycles. The average Bonchev–Trinajstić information content (AvgIpc) is 2.43. The Morgan fingerprint density at radius 3 is 2.57 bits per heavy atom. The van der Waals surface area contributed by atoms with E-state index in [1.54, 1.807) is 0 Å². The minimum absolute atomic E-state index is 0.194. The molecule has 1 aromatic rings. The SMILES string of the molecule is COC(=O)C(O)CNS(=O)(=O)c1cc(C(=O)O)ccc1Cl. The van der Waals surface area contributed by atoms with Crippen LogP contribution in [-0.2, 0) is 19.6 Å². The molecule has 0 aliphatic heterocycles. The number of carboxylic acid groups (broad SMARTS) is 1. The molecule has 3 N–H and O–H groups in total. The number of benzene rings is 1. The van der Waals surface area contributed by atoms with Gasteiger partial charge in [-0.25, -0.2) is 22.7 Å². The summed E-state index contributed by atoms with van der Waals surface area (Å²) in [7, 11) is -3.16. The topological polar surface area (TPSA) is 130 Å². The number of aliphatic hydroxyl groups excluding tert-OH is 1. The number of esters is 1. The molecule has 0 radical (unpaired) electrons. The molecule has 0 fully saturated rings. The van der Waals surface area contributed by atoms with Crippen LogP contribution < -0.4 is 4.72 Å². The number of carboxylic acids is 1. The summed E-state index contributed by atoms with van der Waals surface area (Å²) in [5.41, 5.74) is -0.270. The van der Waals surface area contributed by atoms with Crippen molar-refractivity contribution in [2.24, 2.45) is 0 Å². The Hall–Kier alpha value is -1.68. The molecule has 1 unspecified atom stereocenters. The maximum atomic E-state index is 12.0. The summed E-state index contributed by atoms with van der Waals surface area (Å²) in [5.74, 6) is -2.33. The van der Waals surface area contributed by atoms with Crippen LogP contribution in [0.3, 0.4) is 0 Å². The highest BCUT2D eigenvalue weighted by atomic mass is 35.5. The zero-order valence-corrected chi connectivity index (χ0v) is 12.3. The highest BCUT2D eigenvalue weighted by Crippen LogP contribution is 2.22. The lowest BCUT2D eigenvalue weighted by molar-refractivity contribution is -0.149.